The molecular formula is C23H20F2N2O3S. The number of hydrogen-bond acceptors (Lipinski definition) is 3. The Bertz CT molecular complexity index is 1200. The number of hydrogen-bond donors (Lipinski definition) is 0. The Morgan fingerprint density at radius 2 is 1.52 bits per heavy atom. The molecule has 0 spiro atoms. The summed E-state index contributed by atoms with van der Waals surface area (Å²) >= 11 is 0. The number of fused-ring (bicyclic) bond motifs is 1. The molecule has 160 valence electrons. The summed E-state index contributed by atoms with van der Waals surface area (Å²) in [6.45, 7) is 0.00335. The fraction of sp³-hybridized carbons (Fsp3) is 0.174. The third-order valence-corrected chi connectivity index (χ3v) is 6.99. The van der Waals surface area contributed by atoms with Crippen molar-refractivity contribution in [2.24, 2.45) is 0 Å². The van der Waals surface area contributed by atoms with Crippen LogP contribution in [0.3, 0.4) is 0 Å². The van der Waals surface area contributed by atoms with E-state index in [2.05, 4.69) is 0 Å². The molecule has 0 N–H and O–H groups in total. The summed E-state index contributed by atoms with van der Waals surface area (Å²) in [5, 5.41) is 0. The normalized spacial score (nSPS) is 13.5. The van der Waals surface area contributed by atoms with Crippen LogP contribution in [0.1, 0.15) is 12.0 Å². The van der Waals surface area contributed by atoms with Gasteiger partial charge in [0.05, 0.1) is 10.6 Å². The van der Waals surface area contributed by atoms with Gasteiger partial charge < -0.3 is 4.90 Å². The molecule has 0 saturated heterocycles. The molecule has 1 aliphatic rings. The minimum Gasteiger partial charge on any atom is -0.311 e. The van der Waals surface area contributed by atoms with Gasteiger partial charge in [0.25, 0.3) is 10.0 Å². The minimum absolute atomic E-state index is 0.143. The van der Waals surface area contributed by atoms with Crippen molar-refractivity contribution in [2.75, 3.05) is 22.3 Å². The van der Waals surface area contributed by atoms with Gasteiger partial charge >= 0.3 is 0 Å². The lowest BCUT2D eigenvalue weighted by molar-refractivity contribution is -0.117. The van der Waals surface area contributed by atoms with Crippen LogP contribution in [0.2, 0.25) is 0 Å². The van der Waals surface area contributed by atoms with Gasteiger partial charge in [-0.1, -0.05) is 18.2 Å². The maximum absolute atomic E-state index is 13.4. The Labute approximate surface area is 179 Å². The predicted octanol–water partition coefficient (Wildman–Crippen LogP) is 4.14. The smallest absolute Gasteiger partial charge is 0.264 e. The first-order valence-corrected chi connectivity index (χ1v) is 11.2. The summed E-state index contributed by atoms with van der Waals surface area (Å²) in [4.78, 5) is 14.6. The summed E-state index contributed by atoms with van der Waals surface area (Å²) in [6, 6.07) is 16.7. The molecule has 0 bridgehead atoms. The Balaban J connectivity index is 1.71. The molecule has 0 atom stereocenters. The van der Waals surface area contributed by atoms with E-state index >= 15 is 0 Å². The van der Waals surface area contributed by atoms with Crippen LogP contribution in [0, 0.1) is 11.6 Å². The molecule has 4 rings (SSSR count). The van der Waals surface area contributed by atoms with Crippen molar-refractivity contribution in [3.63, 3.8) is 0 Å². The van der Waals surface area contributed by atoms with Gasteiger partial charge in [-0.15, -0.1) is 0 Å². The van der Waals surface area contributed by atoms with Gasteiger partial charge in [-0.25, -0.2) is 17.2 Å². The van der Waals surface area contributed by atoms with Crippen molar-refractivity contribution in [2.45, 2.75) is 17.7 Å². The van der Waals surface area contributed by atoms with Crippen LogP contribution in [0.15, 0.2) is 77.7 Å². The molecule has 31 heavy (non-hydrogen) atoms. The number of anilines is 2. The molecule has 1 heterocycles. The number of carbonyl (C=O) groups excluding carboxylic acids is 1. The summed E-state index contributed by atoms with van der Waals surface area (Å²) in [6.07, 6.45) is 1.61. The van der Waals surface area contributed by atoms with E-state index in [1.807, 2.05) is 24.3 Å². The van der Waals surface area contributed by atoms with Gasteiger partial charge in [0, 0.05) is 12.2 Å². The predicted molar refractivity (Wildman–Crippen MR) is 114 cm³/mol. The van der Waals surface area contributed by atoms with E-state index in [1.165, 1.54) is 12.1 Å². The van der Waals surface area contributed by atoms with Crippen LogP contribution in [0.4, 0.5) is 20.2 Å². The van der Waals surface area contributed by atoms with Crippen molar-refractivity contribution >= 4 is 27.3 Å². The molecule has 1 aliphatic heterocycles. The Kier molecular flexibility index (Phi) is 5.73. The first-order valence-electron chi connectivity index (χ1n) is 9.78. The molecular weight excluding hydrogens is 422 g/mol. The van der Waals surface area contributed by atoms with Gasteiger partial charge in [0.1, 0.15) is 18.2 Å². The number of para-hydroxylation sites is 1. The number of nitrogens with zero attached hydrogens (tertiary/aromatic N) is 2. The van der Waals surface area contributed by atoms with Crippen molar-refractivity contribution in [1.29, 1.82) is 0 Å². The van der Waals surface area contributed by atoms with E-state index in [0.29, 0.717) is 6.54 Å². The third-order valence-electron chi connectivity index (χ3n) is 5.21. The molecule has 0 radical (unpaired) electrons. The lowest BCUT2D eigenvalue weighted by Crippen LogP contribution is -2.45. The fourth-order valence-electron chi connectivity index (χ4n) is 3.66. The second-order valence-corrected chi connectivity index (χ2v) is 9.08. The molecule has 0 aliphatic carbocycles. The number of halogens is 2. The standard InChI is InChI=1S/C23H20F2N2O3S/c24-18-7-11-20(12-8-18)27(31(29,30)21-13-9-19(25)10-14-21)16-23(28)26-15-3-5-17-4-1-2-6-22(17)26/h1-2,4,6-14H,3,5,15-16H2. The highest BCUT2D eigenvalue weighted by atomic mass is 32.2. The van der Waals surface area contributed by atoms with Crippen LogP contribution >= 0.6 is 0 Å². The van der Waals surface area contributed by atoms with Crippen LogP contribution in [0.25, 0.3) is 0 Å². The van der Waals surface area contributed by atoms with Gasteiger partial charge in [0.15, 0.2) is 0 Å². The SMILES string of the molecule is O=C(CN(c1ccc(F)cc1)S(=O)(=O)c1ccc(F)cc1)N1CCCc2ccccc21. The van der Waals surface area contributed by atoms with E-state index in [9.17, 15) is 22.0 Å². The maximum atomic E-state index is 13.4. The van der Waals surface area contributed by atoms with Crippen LogP contribution in [0.5, 0.6) is 0 Å². The zero-order valence-corrected chi connectivity index (χ0v) is 17.4. The van der Waals surface area contributed by atoms with Gasteiger partial charge in [-0.2, -0.15) is 0 Å². The zero-order valence-electron chi connectivity index (χ0n) is 16.5. The van der Waals surface area contributed by atoms with E-state index in [0.717, 1.165) is 64.8 Å². The molecule has 0 fully saturated rings. The van der Waals surface area contributed by atoms with Crippen molar-refractivity contribution in [1.82, 2.24) is 0 Å². The molecule has 8 heteroatoms. The highest BCUT2D eigenvalue weighted by molar-refractivity contribution is 7.92. The molecule has 3 aromatic carbocycles. The average molecular weight is 442 g/mol. The molecule has 0 unspecified atom stereocenters. The Morgan fingerprint density at radius 1 is 0.903 bits per heavy atom. The minimum atomic E-state index is -4.20. The van der Waals surface area contributed by atoms with E-state index in [1.54, 1.807) is 4.90 Å². The van der Waals surface area contributed by atoms with Gasteiger partial charge in [-0.3, -0.25) is 9.10 Å². The number of aryl methyl sites for hydroxylation is 1. The molecule has 0 saturated carbocycles. The number of amides is 1. The first-order chi connectivity index (χ1) is 14.9. The lowest BCUT2D eigenvalue weighted by atomic mass is 10.0. The Hall–Kier alpha value is -3.26. The van der Waals surface area contributed by atoms with E-state index < -0.39 is 34.1 Å². The Morgan fingerprint density at radius 3 is 2.19 bits per heavy atom. The van der Waals surface area contributed by atoms with Crippen molar-refractivity contribution in [3.05, 3.63) is 90.0 Å². The second-order valence-electron chi connectivity index (χ2n) is 7.22. The summed E-state index contributed by atoms with van der Waals surface area (Å²) in [7, 11) is -4.20. The van der Waals surface area contributed by atoms with E-state index in [4.69, 9.17) is 0 Å². The zero-order chi connectivity index (χ0) is 22.0. The largest absolute Gasteiger partial charge is 0.311 e. The highest BCUT2D eigenvalue weighted by Crippen LogP contribution is 2.29. The quantitative estimate of drug-likeness (QED) is 0.597. The molecule has 3 aromatic rings. The monoisotopic (exact) mass is 442 g/mol. The number of carbonyl (C=O) groups is 1. The van der Waals surface area contributed by atoms with Gasteiger partial charge in [0.2, 0.25) is 5.91 Å². The molecule has 0 aromatic heterocycles. The number of benzene rings is 3. The lowest BCUT2D eigenvalue weighted by Gasteiger charge is -2.32. The fourth-order valence-corrected chi connectivity index (χ4v) is 5.07. The van der Waals surface area contributed by atoms with Crippen LogP contribution < -0.4 is 9.21 Å². The maximum Gasteiger partial charge on any atom is 0.264 e. The average Bonchev–Trinajstić information content (AvgIpc) is 2.78. The third kappa shape index (κ3) is 4.29. The van der Waals surface area contributed by atoms with Crippen molar-refractivity contribution < 1.29 is 22.0 Å². The molecule has 5 nitrogen and oxygen atoms in total. The summed E-state index contributed by atoms with van der Waals surface area (Å²) in [5.41, 5.74) is 1.93. The number of sulfonamides is 1. The second kappa shape index (κ2) is 8.47. The van der Waals surface area contributed by atoms with Crippen molar-refractivity contribution in [3.8, 4) is 0 Å². The molecule has 1 amide bonds. The summed E-state index contributed by atoms with van der Waals surface area (Å²) < 4.78 is 54.4. The van der Waals surface area contributed by atoms with Crippen LogP contribution in [-0.4, -0.2) is 27.4 Å². The van der Waals surface area contributed by atoms with E-state index in [-0.39, 0.29) is 10.6 Å². The first kappa shape index (κ1) is 21.0. The number of rotatable bonds is 5. The summed E-state index contributed by atoms with van der Waals surface area (Å²) in [5.74, 6) is -1.50. The highest BCUT2D eigenvalue weighted by Gasteiger charge is 2.31. The topological polar surface area (TPSA) is 57.7 Å². The van der Waals surface area contributed by atoms with Gasteiger partial charge in [-0.05, 0) is 73.0 Å². The van der Waals surface area contributed by atoms with Crippen LogP contribution in [-0.2, 0) is 21.2 Å².